The first-order chi connectivity index (χ1) is 6.03. The van der Waals surface area contributed by atoms with Crippen LogP contribution in [0.2, 0.25) is 0 Å². The van der Waals surface area contributed by atoms with E-state index in [-0.39, 0.29) is 6.42 Å². The first kappa shape index (κ1) is 10.9. The maximum absolute atomic E-state index is 10.3. The molecular weight excluding hydrogens is 252 g/mol. The maximum Gasteiger partial charge on any atom is 0.122 e. The van der Waals surface area contributed by atoms with E-state index in [0.29, 0.717) is 6.42 Å². The Bertz CT molecular complexity index is 294. The summed E-state index contributed by atoms with van der Waals surface area (Å²) in [7, 11) is 0. The van der Waals surface area contributed by atoms with Gasteiger partial charge < -0.3 is 9.90 Å². The van der Waals surface area contributed by atoms with Crippen molar-refractivity contribution in [3.8, 4) is 0 Å². The van der Waals surface area contributed by atoms with Crippen molar-refractivity contribution in [2.75, 3.05) is 0 Å². The van der Waals surface area contributed by atoms with Crippen molar-refractivity contribution in [1.29, 1.82) is 0 Å². The molecule has 0 spiro atoms. The van der Waals surface area contributed by atoms with Gasteiger partial charge in [0.05, 0.1) is 5.60 Å². The third-order valence-corrected chi connectivity index (χ3v) is 3.40. The van der Waals surface area contributed by atoms with Crippen molar-refractivity contribution in [3.05, 3.63) is 20.8 Å². The van der Waals surface area contributed by atoms with Gasteiger partial charge in [-0.25, -0.2) is 0 Å². The Morgan fingerprint density at radius 2 is 2.46 bits per heavy atom. The zero-order chi connectivity index (χ0) is 9.90. The van der Waals surface area contributed by atoms with Crippen LogP contribution in [-0.2, 0) is 11.2 Å². The maximum atomic E-state index is 10.3. The Balaban J connectivity index is 2.62. The minimum absolute atomic E-state index is 0.183. The molecule has 0 fully saturated rings. The summed E-state index contributed by atoms with van der Waals surface area (Å²) in [6, 6.07) is 1.96. The first-order valence-corrected chi connectivity index (χ1v) is 5.60. The molecule has 0 saturated carbocycles. The molecule has 0 radical (unpaired) electrons. The summed E-state index contributed by atoms with van der Waals surface area (Å²) in [5, 5.41) is 11.7. The van der Waals surface area contributed by atoms with E-state index >= 15 is 0 Å². The summed E-state index contributed by atoms with van der Waals surface area (Å²) in [4.78, 5) is 11.3. The van der Waals surface area contributed by atoms with Gasteiger partial charge in [0.2, 0.25) is 0 Å². The molecule has 0 bridgehead atoms. The van der Waals surface area contributed by atoms with Crippen LogP contribution in [0.1, 0.15) is 18.2 Å². The van der Waals surface area contributed by atoms with E-state index in [1.54, 1.807) is 18.3 Å². The first-order valence-electron chi connectivity index (χ1n) is 3.92. The SMILES string of the molecule is CC(O)(CC=O)Cc1cc(Br)cs1. The topological polar surface area (TPSA) is 37.3 Å². The van der Waals surface area contributed by atoms with Crippen molar-refractivity contribution >= 4 is 33.6 Å². The Morgan fingerprint density at radius 3 is 2.92 bits per heavy atom. The lowest BCUT2D eigenvalue weighted by Gasteiger charge is -2.18. The fraction of sp³-hybridized carbons (Fsp3) is 0.444. The van der Waals surface area contributed by atoms with Crippen LogP contribution < -0.4 is 0 Å². The molecule has 1 aromatic rings. The summed E-state index contributed by atoms with van der Waals surface area (Å²) in [6.45, 7) is 1.68. The monoisotopic (exact) mass is 262 g/mol. The number of carbonyl (C=O) groups is 1. The van der Waals surface area contributed by atoms with Gasteiger partial charge in [0.1, 0.15) is 6.29 Å². The Kier molecular flexibility index (Phi) is 3.64. The van der Waals surface area contributed by atoms with Gasteiger partial charge in [-0.3, -0.25) is 0 Å². The highest BCUT2D eigenvalue weighted by molar-refractivity contribution is 9.10. The van der Waals surface area contributed by atoms with Crippen LogP contribution in [-0.4, -0.2) is 17.0 Å². The molecule has 1 heterocycles. The van der Waals surface area contributed by atoms with Crippen LogP contribution in [0, 0.1) is 0 Å². The smallest absolute Gasteiger partial charge is 0.122 e. The van der Waals surface area contributed by atoms with E-state index in [2.05, 4.69) is 15.9 Å². The Hall–Kier alpha value is -0.190. The van der Waals surface area contributed by atoms with Crippen LogP contribution in [0.25, 0.3) is 0 Å². The van der Waals surface area contributed by atoms with E-state index in [4.69, 9.17) is 0 Å². The molecule has 1 aromatic heterocycles. The van der Waals surface area contributed by atoms with E-state index < -0.39 is 5.60 Å². The van der Waals surface area contributed by atoms with E-state index in [1.807, 2.05) is 11.4 Å². The van der Waals surface area contributed by atoms with E-state index in [0.717, 1.165) is 15.6 Å². The zero-order valence-corrected chi connectivity index (χ0v) is 9.69. The second-order valence-corrected chi connectivity index (χ2v) is 5.19. The number of aliphatic hydroxyl groups is 1. The fourth-order valence-corrected chi connectivity index (χ4v) is 2.70. The fourth-order valence-electron chi connectivity index (χ4n) is 1.07. The number of hydrogen-bond donors (Lipinski definition) is 1. The van der Waals surface area contributed by atoms with Gasteiger partial charge in [0.25, 0.3) is 0 Å². The van der Waals surface area contributed by atoms with E-state index in [1.165, 1.54) is 0 Å². The zero-order valence-electron chi connectivity index (χ0n) is 7.29. The van der Waals surface area contributed by atoms with Crippen molar-refractivity contribution in [1.82, 2.24) is 0 Å². The molecule has 0 aliphatic heterocycles. The number of hydrogen-bond acceptors (Lipinski definition) is 3. The van der Waals surface area contributed by atoms with Crippen LogP contribution in [0.4, 0.5) is 0 Å². The molecule has 4 heteroatoms. The van der Waals surface area contributed by atoms with Crippen molar-refractivity contribution in [2.45, 2.75) is 25.4 Å². The van der Waals surface area contributed by atoms with Crippen LogP contribution in [0.15, 0.2) is 15.9 Å². The summed E-state index contributed by atoms with van der Waals surface area (Å²) in [5.41, 5.74) is -0.911. The molecule has 72 valence electrons. The predicted octanol–water partition coefficient (Wildman–Crippen LogP) is 2.39. The molecule has 0 aliphatic rings. The molecule has 1 atom stereocenters. The lowest BCUT2D eigenvalue weighted by atomic mass is 9.98. The van der Waals surface area contributed by atoms with Crippen molar-refractivity contribution < 1.29 is 9.90 Å². The summed E-state index contributed by atoms with van der Waals surface area (Å²) < 4.78 is 1.02. The average Bonchev–Trinajstić information content (AvgIpc) is 2.34. The van der Waals surface area contributed by atoms with Crippen LogP contribution in [0.3, 0.4) is 0 Å². The molecule has 1 unspecified atom stereocenters. The van der Waals surface area contributed by atoms with Gasteiger partial charge in [-0.15, -0.1) is 11.3 Å². The van der Waals surface area contributed by atoms with Gasteiger partial charge in [0.15, 0.2) is 0 Å². The highest BCUT2D eigenvalue weighted by atomic mass is 79.9. The number of carbonyl (C=O) groups excluding carboxylic acids is 1. The molecule has 1 N–H and O–H groups in total. The Morgan fingerprint density at radius 1 is 1.77 bits per heavy atom. The lowest BCUT2D eigenvalue weighted by molar-refractivity contribution is -0.111. The predicted molar refractivity (Wildman–Crippen MR) is 57.0 cm³/mol. The highest BCUT2D eigenvalue weighted by Gasteiger charge is 2.20. The average molecular weight is 263 g/mol. The van der Waals surface area contributed by atoms with Gasteiger partial charge >= 0.3 is 0 Å². The molecule has 1 rings (SSSR count). The van der Waals surface area contributed by atoms with E-state index in [9.17, 15) is 9.90 Å². The summed E-state index contributed by atoms with van der Waals surface area (Å²) in [5.74, 6) is 0. The molecule has 0 amide bonds. The second-order valence-electron chi connectivity index (χ2n) is 3.28. The van der Waals surface area contributed by atoms with Crippen LogP contribution >= 0.6 is 27.3 Å². The third-order valence-electron chi connectivity index (χ3n) is 1.70. The molecular formula is C9H11BrO2S. The number of thiophene rings is 1. The number of rotatable bonds is 4. The minimum Gasteiger partial charge on any atom is -0.389 e. The molecule has 2 nitrogen and oxygen atoms in total. The number of aldehydes is 1. The van der Waals surface area contributed by atoms with Gasteiger partial charge in [-0.1, -0.05) is 0 Å². The summed E-state index contributed by atoms with van der Waals surface area (Å²) >= 11 is 4.92. The van der Waals surface area contributed by atoms with Crippen LogP contribution in [0.5, 0.6) is 0 Å². The standard InChI is InChI=1S/C9H11BrO2S/c1-9(12,2-3-11)5-8-4-7(10)6-13-8/h3-4,6,12H,2,5H2,1H3. The van der Waals surface area contributed by atoms with Gasteiger partial charge in [-0.05, 0) is 28.9 Å². The molecule has 0 saturated heterocycles. The van der Waals surface area contributed by atoms with Crippen molar-refractivity contribution in [2.24, 2.45) is 0 Å². The number of halogens is 1. The normalized spacial score (nSPS) is 15.3. The molecule has 13 heavy (non-hydrogen) atoms. The third kappa shape index (κ3) is 3.58. The minimum atomic E-state index is -0.911. The Labute approximate surface area is 89.7 Å². The summed E-state index contributed by atoms with van der Waals surface area (Å²) in [6.07, 6.45) is 1.47. The second kappa shape index (κ2) is 4.35. The van der Waals surface area contributed by atoms with Gasteiger partial charge in [-0.2, -0.15) is 0 Å². The quantitative estimate of drug-likeness (QED) is 0.847. The van der Waals surface area contributed by atoms with Gasteiger partial charge in [0, 0.05) is 27.6 Å². The molecule has 0 aromatic carbocycles. The lowest BCUT2D eigenvalue weighted by Crippen LogP contribution is -2.27. The van der Waals surface area contributed by atoms with Crippen molar-refractivity contribution in [3.63, 3.8) is 0 Å². The largest absolute Gasteiger partial charge is 0.389 e. The highest BCUT2D eigenvalue weighted by Crippen LogP contribution is 2.24. The molecule has 0 aliphatic carbocycles.